The summed E-state index contributed by atoms with van der Waals surface area (Å²) in [7, 11) is 2.37. The first-order chi connectivity index (χ1) is 4.63. The van der Waals surface area contributed by atoms with Crippen molar-refractivity contribution in [2.75, 3.05) is 11.5 Å². The van der Waals surface area contributed by atoms with Crippen molar-refractivity contribution in [1.82, 2.24) is 0 Å². The van der Waals surface area contributed by atoms with Crippen LogP contribution in [0.5, 0.6) is 0 Å². The van der Waals surface area contributed by atoms with Gasteiger partial charge in [0.25, 0.3) is 0 Å². The maximum atomic E-state index is 8.31. The molecule has 4 N–H and O–H groups in total. The Bertz CT molecular complexity index is 67.7. The predicted molar refractivity (Wildman–Crippen MR) is 41.4 cm³/mol. The van der Waals surface area contributed by atoms with Gasteiger partial charge in [0.2, 0.25) is 0 Å². The van der Waals surface area contributed by atoms with Crippen LogP contribution in [-0.4, -0.2) is 44.5 Å². The van der Waals surface area contributed by atoms with Crippen LogP contribution in [0.25, 0.3) is 0 Å². The highest BCUT2D eigenvalue weighted by Crippen LogP contribution is 2.21. The van der Waals surface area contributed by atoms with E-state index in [1.54, 1.807) is 0 Å². The fourth-order valence-electron chi connectivity index (χ4n) is 0.218. The first-order valence-electron chi connectivity index (χ1n) is 2.59. The molecule has 62 valence electrons. The van der Waals surface area contributed by atoms with Crippen molar-refractivity contribution < 1.29 is 20.4 Å². The maximum absolute atomic E-state index is 8.31. The van der Waals surface area contributed by atoms with E-state index in [1.165, 1.54) is 21.6 Å². The van der Waals surface area contributed by atoms with Gasteiger partial charge in [0.05, 0.1) is 11.5 Å². The lowest BCUT2D eigenvalue weighted by Gasteiger charge is -2.03. The van der Waals surface area contributed by atoms with E-state index in [1.807, 2.05) is 0 Å². The van der Waals surface area contributed by atoms with E-state index in [4.69, 9.17) is 20.4 Å². The van der Waals surface area contributed by atoms with Crippen LogP contribution in [0.3, 0.4) is 0 Å². The second-order valence-electron chi connectivity index (χ2n) is 1.53. The largest absolute Gasteiger partial charge is 0.367 e. The standard InChI is InChI=1S/C4H10O4S2/c5-3(6)1-9-10-2-4(7)8/h3-8H,1-2H2. The summed E-state index contributed by atoms with van der Waals surface area (Å²) >= 11 is 0. The maximum Gasteiger partial charge on any atom is 0.161 e. The number of aliphatic hydroxyl groups is 4. The quantitative estimate of drug-likeness (QED) is 0.250. The molecule has 10 heavy (non-hydrogen) atoms. The summed E-state index contributed by atoms with van der Waals surface area (Å²) in [4.78, 5) is 0. The Morgan fingerprint density at radius 1 is 0.800 bits per heavy atom. The van der Waals surface area contributed by atoms with Crippen molar-refractivity contribution in [2.24, 2.45) is 0 Å². The third-order valence-electron chi connectivity index (χ3n) is 0.518. The lowest BCUT2D eigenvalue weighted by molar-refractivity contribution is -0.0198. The minimum absolute atomic E-state index is 0.178. The lowest BCUT2D eigenvalue weighted by atomic mass is 10.8. The molecular formula is C4H10O4S2. The Balaban J connectivity index is 2.91. The van der Waals surface area contributed by atoms with Crippen LogP contribution in [0, 0.1) is 0 Å². The van der Waals surface area contributed by atoms with Crippen LogP contribution in [-0.2, 0) is 0 Å². The highest BCUT2D eigenvalue weighted by Gasteiger charge is 2.00. The minimum atomic E-state index is -1.33. The topological polar surface area (TPSA) is 80.9 Å². The molecule has 0 aliphatic rings. The Morgan fingerprint density at radius 3 is 1.30 bits per heavy atom. The first kappa shape index (κ1) is 10.5. The van der Waals surface area contributed by atoms with E-state index in [2.05, 4.69) is 0 Å². The SMILES string of the molecule is OC(O)CSSCC(O)O. The van der Waals surface area contributed by atoms with Crippen molar-refractivity contribution in [1.29, 1.82) is 0 Å². The van der Waals surface area contributed by atoms with Gasteiger partial charge >= 0.3 is 0 Å². The van der Waals surface area contributed by atoms with Crippen LogP contribution >= 0.6 is 21.6 Å². The normalized spacial score (nSPS) is 11.4. The van der Waals surface area contributed by atoms with Crippen molar-refractivity contribution in [3.8, 4) is 0 Å². The molecule has 0 fully saturated rings. The third kappa shape index (κ3) is 8.54. The highest BCUT2D eigenvalue weighted by atomic mass is 33.1. The first-order valence-corrected chi connectivity index (χ1v) is 5.08. The summed E-state index contributed by atoms with van der Waals surface area (Å²) in [6.45, 7) is 0. The summed E-state index contributed by atoms with van der Waals surface area (Å²) in [5.41, 5.74) is 0. The zero-order valence-electron chi connectivity index (χ0n) is 5.17. The molecule has 0 unspecified atom stereocenters. The van der Waals surface area contributed by atoms with Gasteiger partial charge in [0, 0.05) is 0 Å². The van der Waals surface area contributed by atoms with Gasteiger partial charge in [-0.25, -0.2) is 0 Å². The summed E-state index contributed by atoms with van der Waals surface area (Å²) in [5, 5.41) is 33.3. The molecule has 0 bridgehead atoms. The van der Waals surface area contributed by atoms with Crippen molar-refractivity contribution >= 4 is 21.6 Å². The smallest absolute Gasteiger partial charge is 0.161 e. The third-order valence-corrected chi connectivity index (χ3v) is 2.87. The Kier molecular flexibility index (Phi) is 6.60. The van der Waals surface area contributed by atoms with Gasteiger partial charge in [-0.1, -0.05) is 21.6 Å². The molecule has 0 rings (SSSR count). The second-order valence-corrected chi connectivity index (χ2v) is 4.08. The van der Waals surface area contributed by atoms with Gasteiger partial charge < -0.3 is 20.4 Å². The van der Waals surface area contributed by atoms with E-state index in [-0.39, 0.29) is 11.5 Å². The molecule has 0 aromatic carbocycles. The van der Waals surface area contributed by atoms with E-state index < -0.39 is 12.6 Å². The Labute approximate surface area is 66.7 Å². The average molecular weight is 186 g/mol. The molecule has 4 nitrogen and oxygen atoms in total. The molecule has 0 saturated carbocycles. The lowest BCUT2D eigenvalue weighted by Crippen LogP contribution is -2.08. The molecule has 0 aliphatic heterocycles. The fraction of sp³-hybridized carbons (Fsp3) is 1.00. The van der Waals surface area contributed by atoms with Gasteiger partial charge in [0.15, 0.2) is 12.6 Å². The number of aliphatic hydroxyl groups excluding tert-OH is 2. The van der Waals surface area contributed by atoms with Gasteiger partial charge in [-0.2, -0.15) is 0 Å². The summed E-state index contributed by atoms with van der Waals surface area (Å²) in [6, 6.07) is 0. The zero-order valence-corrected chi connectivity index (χ0v) is 6.81. The van der Waals surface area contributed by atoms with Gasteiger partial charge in [-0.15, -0.1) is 0 Å². The molecule has 0 spiro atoms. The zero-order chi connectivity index (χ0) is 7.98. The molecule has 6 heteroatoms. The van der Waals surface area contributed by atoms with Crippen LogP contribution in [0.1, 0.15) is 0 Å². The summed E-state index contributed by atoms with van der Waals surface area (Å²) < 4.78 is 0. The number of hydrogen-bond acceptors (Lipinski definition) is 6. The monoisotopic (exact) mass is 186 g/mol. The van der Waals surface area contributed by atoms with Gasteiger partial charge in [-0.05, 0) is 0 Å². The van der Waals surface area contributed by atoms with Crippen molar-refractivity contribution in [3.05, 3.63) is 0 Å². The average Bonchev–Trinajstić information content (AvgIpc) is 1.79. The molecule has 0 aliphatic carbocycles. The van der Waals surface area contributed by atoms with Crippen LogP contribution in [0.2, 0.25) is 0 Å². The van der Waals surface area contributed by atoms with E-state index in [0.717, 1.165) is 0 Å². The molecule has 0 heterocycles. The van der Waals surface area contributed by atoms with Crippen molar-refractivity contribution in [2.45, 2.75) is 12.6 Å². The van der Waals surface area contributed by atoms with E-state index in [9.17, 15) is 0 Å². The fourth-order valence-corrected chi connectivity index (χ4v) is 1.96. The van der Waals surface area contributed by atoms with E-state index in [0.29, 0.717) is 0 Å². The predicted octanol–water partition coefficient (Wildman–Crippen LogP) is -1.01. The van der Waals surface area contributed by atoms with Gasteiger partial charge in [0.1, 0.15) is 0 Å². The Hall–Kier alpha value is 0.540. The van der Waals surface area contributed by atoms with Gasteiger partial charge in [-0.3, -0.25) is 0 Å². The van der Waals surface area contributed by atoms with Crippen LogP contribution in [0.4, 0.5) is 0 Å². The highest BCUT2D eigenvalue weighted by molar-refractivity contribution is 8.76. The van der Waals surface area contributed by atoms with E-state index >= 15 is 0 Å². The molecule has 0 aromatic heterocycles. The molecular weight excluding hydrogens is 176 g/mol. The minimum Gasteiger partial charge on any atom is -0.367 e. The van der Waals surface area contributed by atoms with Crippen molar-refractivity contribution in [3.63, 3.8) is 0 Å². The summed E-state index contributed by atoms with van der Waals surface area (Å²) in [6.07, 6.45) is -2.65. The molecule has 0 atom stereocenters. The summed E-state index contributed by atoms with van der Waals surface area (Å²) in [5.74, 6) is 0.356. The molecule has 0 aromatic rings. The molecule has 0 radical (unpaired) electrons. The molecule has 0 amide bonds. The van der Waals surface area contributed by atoms with Crippen LogP contribution in [0.15, 0.2) is 0 Å². The number of rotatable bonds is 5. The Morgan fingerprint density at radius 2 is 1.10 bits per heavy atom. The molecule has 0 saturated heterocycles. The van der Waals surface area contributed by atoms with Crippen LogP contribution < -0.4 is 0 Å². The second kappa shape index (κ2) is 6.26. The number of hydrogen-bond donors (Lipinski definition) is 4.